The van der Waals surface area contributed by atoms with Gasteiger partial charge in [-0.25, -0.2) is 9.69 Å². The van der Waals surface area contributed by atoms with Crippen molar-refractivity contribution in [2.24, 2.45) is 0 Å². The maximum absolute atomic E-state index is 11.7. The van der Waals surface area contributed by atoms with Gasteiger partial charge in [-0.05, 0) is 19.1 Å². The molecule has 0 aromatic heterocycles. The van der Waals surface area contributed by atoms with Crippen molar-refractivity contribution in [3.05, 3.63) is 35.4 Å². The third-order valence-corrected chi connectivity index (χ3v) is 2.55. The zero-order valence-electron chi connectivity index (χ0n) is 9.34. The molecule has 1 aromatic carbocycles. The van der Waals surface area contributed by atoms with Gasteiger partial charge < -0.3 is 10.2 Å². The first-order valence-corrected chi connectivity index (χ1v) is 5.03. The van der Waals surface area contributed by atoms with Crippen molar-refractivity contribution in [1.82, 2.24) is 0 Å². The average molecular weight is 246 g/mol. The molecule has 92 valence electrons. The Morgan fingerprint density at radius 1 is 1.33 bits per heavy atom. The fourth-order valence-electron chi connectivity index (χ4n) is 1.65. The summed E-state index contributed by atoms with van der Waals surface area (Å²) in [5.41, 5.74) is -0.0858. The minimum absolute atomic E-state index is 0.136. The molecule has 0 radical (unpaired) electrons. The number of anilines is 1. The first kappa shape index (κ1) is 11.8. The summed E-state index contributed by atoms with van der Waals surface area (Å²) in [7, 11) is 0. The van der Waals surface area contributed by atoms with Crippen molar-refractivity contribution in [1.29, 1.82) is 0 Å². The first-order chi connectivity index (χ1) is 8.41. The average Bonchev–Trinajstić information content (AvgIpc) is 2.54. The summed E-state index contributed by atoms with van der Waals surface area (Å²) in [5, 5.41) is 20.4. The second kappa shape index (κ2) is 3.99. The van der Waals surface area contributed by atoms with Crippen molar-refractivity contribution >= 4 is 23.5 Å². The molecule has 1 aliphatic rings. The van der Waals surface area contributed by atoms with E-state index in [0.717, 1.165) is 23.1 Å². The Morgan fingerprint density at radius 3 is 2.44 bits per heavy atom. The van der Waals surface area contributed by atoms with Crippen molar-refractivity contribution in [2.45, 2.75) is 6.92 Å². The third-order valence-electron chi connectivity index (χ3n) is 2.55. The van der Waals surface area contributed by atoms with Crippen LogP contribution in [0.3, 0.4) is 0 Å². The third kappa shape index (κ3) is 1.73. The lowest BCUT2D eigenvalue weighted by molar-refractivity contribution is -0.267. The van der Waals surface area contributed by atoms with Crippen LogP contribution >= 0.6 is 0 Å². The highest BCUT2D eigenvalue weighted by Gasteiger charge is 2.30. The van der Waals surface area contributed by atoms with Gasteiger partial charge in [-0.1, -0.05) is 11.8 Å². The maximum atomic E-state index is 11.7. The van der Waals surface area contributed by atoms with Crippen molar-refractivity contribution < 1.29 is 24.6 Å². The molecule has 0 saturated carbocycles. The molecule has 18 heavy (non-hydrogen) atoms. The van der Waals surface area contributed by atoms with E-state index in [4.69, 9.17) is 5.11 Å². The molecule has 0 fully saturated rings. The molecule has 0 saturated heterocycles. The minimum atomic E-state index is -1.24. The Bertz CT molecular complexity index is 602. The quantitative estimate of drug-likeness (QED) is 0.755. The topological polar surface area (TPSA) is 97.7 Å². The maximum Gasteiger partial charge on any atom is 0.335 e. The Balaban J connectivity index is 2.45. The van der Waals surface area contributed by atoms with E-state index >= 15 is 0 Å². The van der Waals surface area contributed by atoms with E-state index in [1.54, 1.807) is 0 Å². The van der Waals surface area contributed by atoms with Crippen LogP contribution in [-0.4, -0.2) is 22.9 Å². The van der Waals surface area contributed by atoms with Crippen molar-refractivity contribution in [3.63, 3.8) is 0 Å². The molecule has 0 aliphatic carbocycles. The van der Waals surface area contributed by atoms with E-state index in [1.807, 2.05) is 0 Å². The second-order valence-electron chi connectivity index (χ2n) is 3.79. The van der Waals surface area contributed by atoms with E-state index in [9.17, 15) is 19.5 Å². The molecule has 1 aliphatic heterocycles. The number of carbonyl (C=O) groups is 3. The lowest BCUT2D eigenvalue weighted by Gasteiger charge is -2.21. The molecular formula is C12H8NO5-. The largest absolute Gasteiger partial charge is 0.871 e. The van der Waals surface area contributed by atoms with Gasteiger partial charge in [0.15, 0.2) is 0 Å². The molecule has 6 heteroatoms. The van der Waals surface area contributed by atoms with Gasteiger partial charge in [0.05, 0.1) is 5.56 Å². The number of aromatic carboxylic acids is 1. The number of carbonyl (C=O) groups excluding carboxylic acids is 2. The SMILES string of the molecule is CC1=CC(=O)N(c2ccc(C(=O)O)cc2[O-])C1=O. The number of rotatable bonds is 2. The van der Waals surface area contributed by atoms with Crippen LogP contribution in [0.2, 0.25) is 0 Å². The van der Waals surface area contributed by atoms with Gasteiger partial charge in [0.25, 0.3) is 11.8 Å². The highest BCUT2D eigenvalue weighted by molar-refractivity contribution is 6.30. The van der Waals surface area contributed by atoms with E-state index < -0.39 is 23.5 Å². The van der Waals surface area contributed by atoms with Gasteiger partial charge in [-0.15, -0.1) is 0 Å². The predicted molar refractivity (Wildman–Crippen MR) is 59.1 cm³/mol. The molecule has 0 unspecified atom stereocenters. The van der Waals surface area contributed by atoms with Crippen LogP contribution in [0.15, 0.2) is 29.8 Å². The van der Waals surface area contributed by atoms with Gasteiger partial charge in [0, 0.05) is 17.3 Å². The molecule has 1 heterocycles. The number of amides is 2. The number of benzene rings is 1. The Labute approximate surface area is 102 Å². The molecule has 2 rings (SSSR count). The molecule has 1 N–H and O–H groups in total. The summed E-state index contributed by atoms with van der Waals surface area (Å²) in [5.74, 6) is -3.09. The number of carboxylic acids is 1. The lowest BCUT2D eigenvalue weighted by Crippen LogP contribution is -2.31. The van der Waals surface area contributed by atoms with E-state index in [1.165, 1.54) is 13.0 Å². The Hall–Kier alpha value is -2.63. The van der Waals surface area contributed by atoms with E-state index in [-0.39, 0.29) is 16.8 Å². The van der Waals surface area contributed by atoms with Gasteiger partial charge in [-0.2, -0.15) is 0 Å². The van der Waals surface area contributed by atoms with E-state index in [2.05, 4.69) is 0 Å². The van der Waals surface area contributed by atoms with Crippen molar-refractivity contribution in [2.75, 3.05) is 4.90 Å². The highest BCUT2D eigenvalue weighted by Crippen LogP contribution is 2.29. The lowest BCUT2D eigenvalue weighted by atomic mass is 10.1. The van der Waals surface area contributed by atoms with Crippen LogP contribution < -0.4 is 10.0 Å². The summed E-state index contributed by atoms with van der Waals surface area (Å²) >= 11 is 0. The predicted octanol–water partition coefficient (Wildman–Crippen LogP) is 0.278. The number of hydrogen-bond donors (Lipinski definition) is 1. The van der Waals surface area contributed by atoms with Crippen LogP contribution in [0.1, 0.15) is 17.3 Å². The fraction of sp³-hybridized carbons (Fsp3) is 0.0833. The molecule has 0 atom stereocenters. The summed E-state index contributed by atoms with van der Waals surface area (Å²) in [4.78, 5) is 34.6. The molecule has 0 bridgehead atoms. The first-order valence-electron chi connectivity index (χ1n) is 5.03. The molecular weight excluding hydrogens is 238 g/mol. The fourth-order valence-corrected chi connectivity index (χ4v) is 1.65. The van der Waals surface area contributed by atoms with Crippen LogP contribution in [0.4, 0.5) is 5.69 Å². The van der Waals surface area contributed by atoms with Crippen LogP contribution in [0.5, 0.6) is 5.75 Å². The summed E-state index contributed by atoms with van der Waals surface area (Å²) < 4.78 is 0. The van der Waals surface area contributed by atoms with E-state index in [0.29, 0.717) is 0 Å². The smallest absolute Gasteiger partial charge is 0.335 e. The summed E-state index contributed by atoms with van der Waals surface area (Å²) in [6.45, 7) is 1.47. The standard InChI is InChI=1S/C12H9NO5/c1-6-4-10(15)13(11(6)16)8-3-2-7(12(17)18)5-9(8)14/h2-5,14H,1H3,(H,17,18)/p-1. The monoisotopic (exact) mass is 246 g/mol. The van der Waals surface area contributed by atoms with Crippen LogP contribution in [0.25, 0.3) is 0 Å². The Kier molecular flexibility index (Phi) is 2.63. The summed E-state index contributed by atoms with van der Waals surface area (Å²) in [6.07, 6.45) is 1.13. The van der Waals surface area contributed by atoms with Crippen LogP contribution in [-0.2, 0) is 9.59 Å². The van der Waals surface area contributed by atoms with Gasteiger partial charge in [-0.3, -0.25) is 9.59 Å². The number of nitrogens with zero attached hydrogens (tertiary/aromatic N) is 1. The molecule has 6 nitrogen and oxygen atoms in total. The number of imide groups is 1. The molecule has 0 spiro atoms. The zero-order chi connectivity index (χ0) is 13.4. The van der Waals surface area contributed by atoms with Crippen molar-refractivity contribution in [3.8, 4) is 5.75 Å². The zero-order valence-corrected chi connectivity index (χ0v) is 9.34. The molecule has 1 aromatic rings. The van der Waals surface area contributed by atoms with Gasteiger partial charge in [0.2, 0.25) is 0 Å². The number of carboxylic acid groups (broad SMARTS) is 1. The Morgan fingerprint density at radius 2 is 2.00 bits per heavy atom. The summed E-state index contributed by atoms with van der Waals surface area (Å²) in [6, 6.07) is 3.22. The highest BCUT2D eigenvalue weighted by atomic mass is 16.4. The minimum Gasteiger partial charge on any atom is -0.871 e. The second-order valence-corrected chi connectivity index (χ2v) is 3.79. The van der Waals surface area contributed by atoms with Crippen LogP contribution in [0, 0.1) is 0 Å². The normalized spacial score (nSPS) is 14.9. The van der Waals surface area contributed by atoms with Gasteiger partial charge in [0.1, 0.15) is 0 Å². The number of hydrogen-bond acceptors (Lipinski definition) is 4. The van der Waals surface area contributed by atoms with Gasteiger partial charge >= 0.3 is 5.97 Å². The molecule has 2 amide bonds.